The fourth-order valence-electron chi connectivity index (χ4n) is 2.74. The number of anilines is 1. The van der Waals surface area contributed by atoms with Crippen LogP contribution in [0.15, 0.2) is 52.0 Å². The molecule has 0 bridgehead atoms. The van der Waals surface area contributed by atoms with Crippen LogP contribution in [0.1, 0.15) is 11.4 Å². The van der Waals surface area contributed by atoms with Crippen LogP contribution < -0.4 is 10.1 Å². The number of carbonyl (C=O) groups excluding carboxylic acids is 1. The van der Waals surface area contributed by atoms with Gasteiger partial charge >= 0.3 is 0 Å². The molecule has 0 atom stereocenters. The summed E-state index contributed by atoms with van der Waals surface area (Å²) in [6, 6.07) is 13.2. The molecule has 3 aromatic heterocycles. The molecule has 1 N–H and O–H groups in total. The number of methoxy groups -OCH3 is 1. The Labute approximate surface area is 187 Å². The summed E-state index contributed by atoms with van der Waals surface area (Å²) in [6.07, 6.45) is 0. The Morgan fingerprint density at radius 3 is 2.61 bits per heavy atom. The van der Waals surface area contributed by atoms with Gasteiger partial charge in [0.15, 0.2) is 0 Å². The van der Waals surface area contributed by atoms with Crippen LogP contribution in [-0.2, 0) is 4.79 Å². The Hall–Kier alpha value is -3.24. The molecule has 31 heavy (non-hydrogen) atoms. The maximum atomic E-state index is 12.0. The average Bonchev–Trinajstić information content (AvgIpc) is 3.38. The lowest BCUT2D eigenvalue weighted by Crippen LogP contribution is -2.13. The second-order valence-corrected chi connectivity index (χ2v) is 8.58. The highest BCUT2D eigenvalue weighted by atomic mass is 32.2. The van der Waals surface area contributed by atoms with Crippen LogP contribution in [0.25, 0.3) is 21.1 Å². The number of amides is 1. The van der Waals surface area contributed by atoms with Crippen LogP contribution in [0.2, 0.25) is 0 Å². The van der Waals surface area contributed by atoms with E-state index in [9.17, 15) is 4.79 Å². The van der Waals surface area contributed by atoms with Gasteiger partial charge in [0.05, 0.1) is 29.1 Å². The topological polar surface area (TPSA) is 103 Å². The molecular weight excluding hydrogens is 434 g/mol. The summed E-state index contributed by atoms with van der Waals surface area (Å²) in [7, 11) is 1.64. The number of thiazole rings is 1. The number of benzene rings is 1. The maximum Gasteiger partial charge on any atom is 0.237 e. The highest BCUT2D eigenvalue weighted by Gasteiger charge is 2.14. The lowest BCUT2D eigenvalue weighted by Gasteiger charge is -2.02. The molecule has 10 heteroatoms. The number of hydrogen-bond donors (Lipinski definition) is 1. The molecule has 4 rings (SSSR count). The van der Waals surface area contributed by atoms with Crippen molar-refractivity contribution in [3.63, 3.8) is 0 Å². The Balaban J connectivity index is 1.40. The molecule has 8 nitrogen and oxygen atoms in total. The molecule has 4 aromatic rings. The van der Waals surface area contributed by atoms with Crippen LogP contribution in [0.5, 0.6) is 5.75 Å². The number of ether oxygens (including phenoxy) is 1. The van der Waals surface area contributed by atoms with Crippen molar-refractivity contribution in [1.82, 2.24) is 20.3 Å². The Morgan fingerprint density at radius 1 is 1.16 bits per heavy atom. The number of aryl methyl sites for hydroxylation is 2. The SMILES string of the molecule is COc1ccc(-c2nc(C)c(-c3ccc(SCC(=O)Nc4cc(C)no4)nn3)s2)cc1. The molecule has 0 aliphatic carbocycles. The van der Waals surface area contributed by atoms with Crippen molar-refractivity contribution >= 4 is 34.9 Å². The molecule has 0 unspecified atom stereocenters. The van der Waals surface area contributed by atoms with E-state index in [0.29, 0.717) is 16.6 Å². The summed E-state index contributed by atoms with van der Waals surface area (Å²) >= 11 is 2.86. The standard InChI is InChI=1S/C21H19N5O3S2/c1-12-10-18(29-26-12)23-17(27)11-30-19-9-8-16(24-25-19)20-13(2)22-21(31-20)14-4-6-15(28-3)7-5-14/h4-10H,11H2,1-3H3,(H,23,27). The molecule has 0 aliphatic heterocycles. The van der Waals surface area contributed by atoms with Gasteiger partial charge in [-0.1, -0.05) is 16.9 Å². The normalized spacial score (nSPS) is 10.8. The summed E-state index contributed by atoms with van der Waals surface area (Å²) < 4.78 is 10.2. The van der Waals surface area contributed by atoms with E-state index in [0.717, 1.165) is 32.6 Å². The largest absolute Gasteiger partial charge is 0.497 e. The van der Waals surface area contributed by atoms with Crippen molar-refractivity contribution < 1.29 is 14.1 Å². The Bertz CT molecular complexity index is 1190. The summed E-state index contributed by atoms with van der Waals surface area (Å²) in [5.41, 5.74) is 3.37. The lowest BCUT2D eigenvalue weighted by atomic mass is 10.2. The van der Waals surface area contributed by atoms with E-state index in [1.54, 1.807) is 31.4 Å². The second kappa shape index (κ2) is 9.27. The van der Waals surface area contributed by atoms with Crippen molar-refractivity contribution in [1.29, 1.82) is 0 Å². The molecular formula is C21H19N5O3S2. The predicted octanol–water partition coefficient (Wildman–Crippen LogP) is 4.61. The van der Waals surface area contributed by atoms with Gasteiger partial charge < -0.3 is 9.26 Å². The van der Waals surface area contributed by atoms with Gasteiger partial charge in [0.1, 0.15) is 21.5 Å². The third kappa shape index (κ3) is 5.09. The number of rotatable bonds is 7. The minimum absolute atomic E-state index is 0.189. The molecule has 0 aliphatic rings. The van der Waals surface area contributed by atoms with Gasteiger partial charge in [-0.05, 0) is 50.2 Å². The molecule has 1 amide bonds. The van der Waals surface area contributed by atoms with Crippen LogP contribution in [-0.4, -0.2) is 39.1 Å². The molecule has 158 valence electrons. The smallest absolute Gasteiger partial charge is 0.237 e. The minimum atomic E-state index is -0.200. The van der Waals surface area contributed by atoms with E-state index in [1.807, 2.05) is 43.3 Å². The average molecular weight is 454 g/mol. The summed E-state index contributed by atoms with van der Waals surface area (Å²) in [6.45, 7) is 3.74. The fraction of sp³-hybridized carbons (Fsp3) is 0.190. The molecule has 0 spiro atoms. The van der Waals surface area contributed by atoms with Crippen LogP contribution in [0.4, 0.5) is 5.88 Å². The van der Waals surface area contributed by atoms with Crippen LogP contribution in [0.3, 0.4) is 0 Å². The summed E-state index contributed by atoms with van der Waals surface area (Å²) in [5, 5.41) is 16.5. The first-order valence-electron chi connectivity index (χ1n) is 9.34. The van der Waals surface area contributed by atoms with Crippen molar-refractivity contribution in [2.75, 3.05) is 18.2 Å². The first kappa shape index (κ1) is 21.0. The summed E-state index contributed by atoms with van der Waals surface area (Å²) in [4.78, 5) is 17.7. The van der Waals surface area contributed by atoms with E-state index in [4.69, 9.17) is 9.26 Å². The number of nitrogens with one attached hydrogen (secondary N) is 1. The van der Waals surface area contributed by atoms with Gasteiger partial charge in [-0.3, -0.25) is 10.1 Å². The molecule has 0 saturated heterocycles. The van der Waals surface area contributed by atoms with Gasteiger partial charge in [-0.15, -0.1) is 21.5 Å². The molecule has 0 fully saturated rings. The number of carbonyl (C=O) groups is 1. The first-order chi connectivity index (χ1) is 15.0. The van der Waals surface area contributed by atoms with E-state index >= 15 is 0 Å². The Kier molecular flexibility index (Phi) is 6.28. The van der Waals surface area contributed by atoms with Crippen LogP contribution >= 0.6 is 23.1 Å². The molecule has 0 radical (unpaired) electrons. The van der Waals surface area contributed by atoms with Gasteiger partial charge in [-0.2, -0.15) is 0 Å². The number of thioether (sulfide) groups is 1. The third-order valence-corrected chi connectivity index (χ3v) is 6.40. The first-order valence-corrected chi connectivity index (χ1v) is 11.1. The molecule has 1 aromatic carbocycles. The van der Waals surface area contributed by atoms with E-state index in [2.05, 4.69) is 25.7 Å². The van der Waals surface area contributed by atoms with Crippen molar-refractivity contribution in [3.05, 3.63) is 53.9 Å². The van der Waals surface area contributed by atoms with E-state index < -0.39 is 0 Å². The number of aromatic nitrogens is 4. The monoisotopic (exact) mass is 453 g/mol. The third-order valence-electron chi connectivity index (χ3n) is 4.25. The zero-order valence-corrected chi connectivity index (χ0v) is 18.7. The molecule has 0 saturated carbocycles. The lowest BCUT2D eigenvalue weighted by molar-refractivity contribution is -0.113. The zero-order chi connectivity index (χ0) is 21.8. The number of hydrogen-bond acceptors (Lipinski definition) is 9. The number of nitrogens with zero attached hydrogens (tertiary/aromatic N) is 4. The van der Waals surface area contributed by atoms with Crippen molar-refractivity contribution in [2.45, 2.75) is 18.9 Å². The van der Waals surface area contributed by atoms with Crippen molar-refractivity contribution in [3.8, 4) is 26.9 Å². The highest BCUT2D eigenvalue weighted by Crippen LogP contribution is 2.35. The highest BCUT2D eigenvalue weighted by molar-refractivity contribution is 7.99. The quantitative estimate of drug-likeness (QED) is 0.405. The zero-order valence-electron chi connectivity index (χ0n) is 17.1. The van der Waals surface area contributed by atoms with Gasteiger partial charge in [0, 0.05) is 11.6 Å². The molecule has 3 heterocycles. The van der Waals surface area contributed by atoms with Gasteiger partial charge in [0.2, 0.25) is 11.8 Å². The van der Waals surface area contributed by atoms with Crippen LogP contribution in [0, 0.1) is 13.8 Å². The van der Waals surface area contributed by atoms with E-state index in [1.165, 1.54) is 11.8 Å². The van der Waals surface area contributed by atoms with Gasteiger partial charge in [-0.25, -0.2) is 4.98 Å². The Morgan fingerprint density at radius 2 is 1.97 bits per heavy atom. The van der Waals surface area contributed by atoms with Gasteiger partial charge in [0.25, 0.3) is 0 Å². The van der Waals surface area contributed by atoms with Crippen molar-refractivity contribution in [2.24, 2.45) is 0 Å². The minimum Gasteiger partial charge on any atom is -0.497 e. The van der Waals surface area contributed by atoms with E-state index in [-0.39, 0.29) is 11.7 Å². The fourth-order valence-corrected chi connectivity index (χ4v) is 4.40. The summed E-state index contributed by atoms with van der Waals surface area (Å²) in [5.74, 6) is 1.13. The second-order valence-electron chi connectivity index (χ2n) is 6.59. The maximum absolute atomic E-state index is 12.0. The predicted molar refractivity (Wildman–Crippen MR) is 120 cm³/mol.